The van der Waals surface area contributed by atoms with Crippen molar-refractivity contribution in [3.63, 3.8) is 0 Å². The number of imidazole rings is 1. The molecule has 0 bridgehead atoms. The lowest BCUT2D eigenvalue weighted by molar-refractivity contribution is -0.118. The quantitative estimate of drug-likeness (QED) is 0.709. The third-order valence-electron chi connectivity index (χ3n) is 2.92. The topological polar surface area (TPSA) is 70.7 Å². The van der Waals surface area contributed by atoms with Gasteiger partial charge in [-0.1, -0.05) is 30.0 Å². The lowest BCUT2D eigenvalue weighted by Crippen LogP contribution is -2.24. The van der Waals surface area contributed by atoms with Crippen molar-refractivity contribution in [2.45, 2.75) is 11.7 Å². The van der Waals surface area contributed by atoms with Crippen LogP contribution in [0.15, 0.2) is 53.9 Å². The van der Waals surface area contributed by atoms with E-state index in [1.165, 1.54) is 11.8 Å². The van der Waals surface area contributed by atoms with E-state index < -0.39 is 0 Å². The van der Waals surface area contributed by atoms with Crippen LogP contribution >= 0.6 is 11.8 Å². The molecule has 1 aromatic carbocycles. The van der Waals surface area contributed by atoms with E-state index in [9.17, 15) is 4.79 Å². The second-order valence-corrected chi connectivity index (χ2v) is 5.45. The largest absolute Gasteiger partial charge is 0.351 e. The summed E-state index contributed by atoms with van der Waals surface area (Å²) >= 11 is 1.40. The average molecular weight is 298 g/mol. The Kier molecular flexibility index (Phi) is 4.16. The van der Waals surface area contributed by atoms with Crippen LogP contribution in [-0.2, 0) is 11.3 Å². The number of nitrogens with zero attached hydrogens (tertiary/aromatic N) is 2. The summed E-state index contributed by atoms with van der Waals surface area (Å²) in [6, 6.07) is 11.6. The molecule has 0 aliphatic carbocycles. The van der Waals surface area contributed by atoms with Crippen molar-refractivity contribution in [2.75, 3.05) is 5.75 Å². The summed E-state index contributed by atoms with van der Waals surface area (Å²) in [4.78, 5) is 23.4. The van der Waals surface area contributed by atoms with E-state index in [4.69, 9.17) is 0 Å². The minimum Gasteiger partial charge on any atom is -0.351 e. The number of aromatic amines is 1. The van der Waals surface area contributed by atoms with Gasteiger partial charge in [0.05, 0.1) is 16.8 Å². The molecule has 2 aromatic heterocycles. The number of hydrogen-bond acceptors (Lipinski definition) is 4. The Morgan fingerprint density at radius 3 is 2.95 bits per heavy atom. The number of benzene rings is 1. The number of rotatable bonds is 5. The fourth-order valence-corrected chi connectivity index (χ4v) is 2.60. The first-order chi connectivity index (χ1) is 10.3. The minimum atomic E-state index is -0.0238. The van der Waals surface area contributed by atoms with Crippen molar-refractivity contribution in [1.29, 1.82) is 0 Å². The Bertz CT molecular complexity index is 709. The van der Waals surface area contributed by atoms with Gasteiger partial charge in [-0.05, 0) is 23.8 Å². The van der Waals surface area contributed by atoms with E-state index in [1.54, 1.807) is 12.4 Å². The van der Waals surface area contributed by atoms with Gasteiger partial charge in [-0.2, -0.15) is 0 Å². The monoisotopic (exact) mass is 298 g/mol. The van der Waals surface area contributed by atoms with E-state index in [0.717, 1.165) is 21.8 Å². The molecule has 5 nitrogen and oxygen atoms in total. The maximum absolute atomic E-state index is 11.8. The molecule has 0 radical (unpaired) electrons. The molecule has 0 aliphatic heterocycles. The number of hydrogen-bond donors (Lipinski definition) is 2. The van der Waals surface area contributed by atoms with Crippen LogP contribution in [0, 0.1) is 0 Å². The predicted octanol–water partition coefficient (Wildman–Crippen LogP) is 2.37. The van der Waals surface area contributed by atoms with Gasteiger partial charge in [0.1, 0.15) is 0 Å². The molecule has 2 heterocycles. The number of H-pyrrole nitrogens is 1. The van der Waals surface area contributed by atoms with Crippen molar-refractivity contribution < 1.29 is 4.79 Å². The second-order valence-electron chi connectivity index (χ2n) is 4.49. The SMILES string of the molecule is O=C(CSc1nc2ccccc2[nH]1)NCc1cccnc1. The van der Waals surface area contributed by atoms with Gasteiger partial charge < -0.3 is 10.3 Å². The molecule has 0 fully saturated rings. The first-order valence-electron chi connectivity index (χ1n) is 6.54. The van der Waals surface area contributed by atoms with Gasteiger partial charge >= 0.3 is 0 Å². The van der Waals surface area contributed by atoms with Gasteiger partial charge in [-0.3, -0.25) is 9.78 Å². The van der Waals surface area contributed by atoms with Gasteiger partial charge in [0.25, 0.3) is 0 Å². The van der Waals surface area contributed by atoms with E-state index >= 15 is 0 Å². The molecule has 0 atom stereocenters. The zero-order chi connectivity index (χ0) is 14.5. The Morgan fingerprint density at radius 2 is 2.14 bits per heavy atom. The first-order valence-corrected chi connectivity index (χ1v) is 7.53. The maximum Gasteiger partial charge on any atom is 0.230 e. The van der Waals surface area contributed by atoms with Crippen molar-refractivity contribution in [2.24, 2.45) is 0 Å². The van der Waals surface area contributed by atoms with Crippen LogP contribution in [0.1, 0.15) is 5.56 Å². The molecule has 0 saturated carbocycles. The Labute approximate surface area is 126 Å². The number of para-hydroxylation sites is 2. The summed E-state index contributed by atoms with van der Waals surface area (Å²) < 4.78 is 0. The van der Waals surface area contributed by atoms with Crippen LogP contribution in [-0.4, -0.2) is 26.6 Å². The molecule has 6 heteroatoms. The number of thioether (sulfide) groups is 1. The number of pyridine rings is 1. The van der Waals surface area contributed by atoms with Crippen molar-refractivity contribution in [1.82, 2.24) is 20.3 Å². The van der Waals surface area contributed by atoms with E-state index in [1.807, 2.05) is 36.4 Å². The Balaban J connectivity index is 1.51. The summed E-state index contributed by atoms with van der Waals surface area (Å²) in [6.07, 6.45) is 3.45. The van der Waals surface area contributed by atoms with Gasteiger partial charge in [-0.25, -0.2) is 4.98 Å². The molecule has 0 unspecified atom stereocenters. The highest BCUT2D eigenvalue weighted by molar-refractivity contribution is 7.99. The molecule has 0 aliphatic rings. The molecule has 106 valence electrons. The molecule has 21 heavy (non-hydrogen) atoms. The second kappa shape index (κ2) is 6.41. The van der Waals surface area contributed by atoms with Crippen LogP contribution in [0.5, 0.6) is 0 Å². The number of aromatic nitrogens is 3. The summed E-state index contributed by atoms with van der Waals surface area (Å²) in [5.74, 6) is 0.310. The molecule has 3 rings (SSSR count). The van der Waals surface area contributed by atoms with Gasteiger partial charge in [-0.15, -0.1) is 0 Å². The molecule has 1 amide bonds. The third kappa shape index (κ3) is 3.61. The number of fused-ring (bicyclic) bond motifs is 1. The smallest absolute Gasteiger partial charge is 0.230 e. The zero-order valence-corrected chi connectivity index (χ0v) is 12.1. The highest BCUT2D eigenvalue weighted by Crippen LogP contribution is 2.18. The summed E-state index contributed by atoms with van der Waals surface area (Å²) in [5.41, 5.74) is 2.88. The number of carbonyl (C=O) groups excluding carboxylic acids is 1. The zero-order valence-electron chi connectivity index (χ0n) is 11.2. The van der Waals surface area contributed by atoms with Gasteiger partial charge in [0, 0.05) is 18.9 Å². The maximum atomic E-state index is 11.8. The molecule has 0 spiro atoms. The van der Waals surface area contributed by atoms with E-state index in [-0.39, 0.29) is 5.91 Å². The minimum absolute atomic E-state index is 0.0238. The van der Waals surface area contributed by atoms with Crippen LogP contribution in [0.3, 0.4) is 0 Å². The Hall–Kier alpha value is -2.34. The van der Waals surface area contributed by atoms with Crippen LogP contribution < -0.4 is 5.32 Å². The average Bonchev–Trinajstić information content (AvgIpc) is 2.95. The normalized spacial score (nSPS) is 10.7. The van der Waals surface area contributed by atoms with Gasteiger partial charge in [0.15, 0.2) is 5.16 Å². The van der Waals surface area contributed by atoms with Crippen molar-refractivity contribution >= 4 is 28.7 Å². The third-order valence-corrected chi connectivity index (χ3v) is 3.79. The summed E-state index contributed by atoms with van der Waals surface area (Å²) in [6.45, 7) is 0.493. The van der Waals surface area contributed by atoms with Crippen molar-refractivity contribution in [3.05, 3.63) is 54.4 Å². The highest BCUT2D eigenvalue weighted by Gasteiger charge is 2.06. The van der Waals surface area contributed by atoms with E-state index in [0.29, 0.717) is 12.3 Å². The molecule has 3 aromatic rings. The van der Waals surface area contributed by atoms with Gasteiger partial charge in [0.2, 0.25) is 5.91 Å². The lowest BCUT2D eigenvalue weighted by atomic mass is 10.3. The lowest BCUT2D eigenvalue weighted by Gasteiger charge is -2.03. The van der Waals surface area contributed by atoms with Crippen LogP contribution in [0.25, 0.3) is 11.0 Å². The molecule has 2 N–H and O–H groups in total. The number of nitrogens with one attached hydrogen (secondary N) is 2. The summed E-state index contributed by atoms with van der Waals surface area (Å²) in [5, 5.41) is 3.62. The standard InChI is InChI=1S/C15H14N4OS/c20-14(17-9-11-4-3-7-16-8-11)10-21-15-18-12-5-1-2-6-13(12)19-15/h1-8H,9-10H2,(H,17,20)(H,18,19). The fourth-order valence-electron chi connectivity index (χ4n) is 1.89. The fraction of sp³-hybridized carbons (Fsp3) is 0.133. The molecule has 0 saturated heterocycles. The molecular formula is C15H14N4OS. The number of amides is 1. The highest BCUT2D eigenvalue weighted by atomic mass is 32.2. The van der Waals surface area contributed by atoms with E-state index in [2.05, 4.69) is 20.3 Å². The molecular weight excluding hydrogens is 284 g/mol. The number of carbonyl (C=O) groups is 1. The van der Waals surface area contributed by atoms with Crippen molar-refractivity contribution in [3.8, 4) is 0 Å². The first kappa shape index (κ1) is 13.6. The summed E-state index contributed by atoms with van der Waals surface area (Å²) in [7, 11) is 0. The Morgan fingerprint density at radius 1 is 1.24 bits per heavy atom. The van der Waals surface area contributed by atoms with Crippen LogP contribution in [0.4, 0.5) is 0 Å². The predicted molar refractivity (Wildman–Crippen MR) is 82.9 cm³/mol. The van der Waals surface area contributed by atoms with Crippen LogP contribution in [0.2, 0.25) is 0 Å².